The zero-order chi connectivity index (χ0) is 10.6. The second kappa shape index (κ2) is 4.50. The Morgan fingerprint density at radius 2 is 2.07 bits per heavy atom. The summed E-state index contributed by atoms with van der Waals surface area (Å²) in [5.74, 6) is 0.543. The van der Waals surface area contributed by atoms with Crippen molar-refractivity contribution in [2.24, 2.45) is 0 Å². The van der Waals surface area contributed by atoms with Crippen LogP contribution >= 0.6 is 12.6 Å². The lowest BCUT2D eigenvalue weighted by molar-refractivity contribution is -0.141. The predicted molar refractivity (Wildman–Crippen MR) is 52.1 cm³/mol. The summed E-state index contributed by atoms with van der Waals surface area (Å²) in [4.78, 5) is 3.30. The van der Waals surface area contributed by atoms with E-state index in [9.17, 15) is 13.2 Å². The highest BCUT2D eigenvalue weighted by molar-refractivity contribution is 7.80. The van der Waals surface area contributed by atoms with Crippen LogP contribution in [0.4, 0.5) is 13.2 Å². The first-order valence-corrected chi connectivity index (χ1v) is 4.48. The number of alkyl halides is 3. The Kier molecular flexibility index (Phi) is 3.57. The Morgan fingerprint density at radius 1 is 1.36 bits per heavy atom. The first-order chi connectivity index (χ1) is 6.54. The van der Waals surface area contributed by atoms with E-state index in [0.29, 0.717) is 11.3 Å². The summed E-state index contributed by atoms with van der Waals surface area (Å²) in [7, 11) is 0. The van der Waals surface area contributed by atoms with Crippen molar-refractivity contribution in [3.63, 3.8) is 0 Å². The largest absolute Gasteiger partial charge is 0.433 e. The number of hydrogen-bond donors (Lipinski definition) is 1. The Bertz CT molecular complexity index is 316. The first kappa shape index (κ1) is 11.1. The van der Waals surface area contributed by atoms with Crippen LogP contribution in [0.25, 0.3) is 6.08 Å². The number of halogens is 3. The third-order valence-electron chi connectivity index (χ3n) is 1.49. The minimum absolute atomic E-state index is 0.543. The molecule has 0 saturated carbocycles. The van der Waals surface area contributed by atoms with Crippen molar-refractivity contribution >= 4 is 18.7 Å². The Balaban J connectivity index is 2.84. The van der Waals surface area contributed by atoms with Gasteiger partial charge in [0, 0.05) is 11.9 Å². The van der Waals surface area contributed by atoms with Crippen LogP contribution in [0.5, 0.6) is 0 Å². The molecule has 0 aliphatic heterocycles. The van der Waals surface area contributed by atoms with E-state index in [0.717, 1.165) is 6.07 Å². The maximum Gasteiger partial charge on any atom is 0.433 e. The fourth-order valence-corrected chi connectivity index (χ4v) is 0.966. The molecule has 0 aliphatic rings. The van der Waals surface area contributed by atoms with E-state index in [1.807, 2.05) is 0 Å². The fourth-order valence-electron chi connectivity index (χ4n) is 0.860. The molecule has 1 nitrogen and oxygen atoms in total. The van der Waals surface area contributed by atoms with Gasteiger partial charge in [-0.05, 0) is 11.6 Å². The molecule has 0 aliphatic carbocycles. The summed E-state index contributed by atoms with van der Waals surface area (Å²) in [6.45, 7) is 0. The van der Waals surface area contributed by atoms with Crippen molar-refractivity contribution in [1.29, 1.82) is 0 Å². The molecule has 0 spiro atoms. The molecule has 0 unspecified atom stereocenters. The predicted octanol–water partition coefficient (Wildman–Crippen LogP) is 3.04. The third-order valence-corrected chi connectivity index (χ3v) is 1.70. The second-order valence-corrected chi connectivity index (χ2v) is 2.92. The van der Waals surface area contributed by atoms with Gasteiger partial charge in [-0.15, -0.1) is 0 Å². The first-order valence-electron chi connectivity index (χ1n) is 3.84. The summed E-state index contributed by atoms with van der Waals surface area (Å²) in [5, 5.41) is 0. The Hall–Kier alpha value is -0.970. The molecule has 0 atom stereocenters. The third kappa shape index (κ3) is 3.06. The Labute approximate surface area is 85.1 Å². The number of hydrogen-bond acceptors (Lipinski definition) is 2. The van der Waals surface area contributed by atoms with Crippen molar-refractivity contribution in [1.82, 2.24) is 4.98 Å². The van der Waals surface area contributed by atoms with Gasteiger partial charge in [-0.1, -0.05) is 18.2 Å². The van der Waals surface area contributed by atoms with Crippen LogP contribution < -0.4 is 0 Å². The smallest absolute Gasteiger partial charge is 0.251 e. The van der Waals surface area contributed by atoms with Gasteiger partial charge < -0.3 is 0 Å². The van der Waals surface area contributed by atoms with E-state index in [1.165, 1.54) is 12.3 Å². The highest BCUT2D eigenvalue weighted by atomic mass is 32.1. The van der Waals surface area contributed by atoms with Gasteiger partial charge >= 0.3 is 6.18 Å². The van der Waals surface area contributed by atoms with Crippen LogP contribution in [0.2, 0.25) is 0 Å². The lowest BCUT2D eigenvalue weighted by atomic mass is 10.2. The van der Waals surface area contributed by atoms with E-state index in [-0.39, 0.29) is 0 Å². The van der Waals surface area contributed by atoms with Crippen LogP contribution in [-0.2, 0) is 6.18 Å². The van der Waals surface area contributed by atoms with Gasteiger partial charge in [-0.2, -0.15) is 25.8 Å². The number of thiol groups is 1. The summed E-state index contributed by atoms with van der Waals surface area (Å²) in [6, 6.07) is 2.33. The average molecular weight is 219 g/mol. The molecule has 1 heterocycles. The molecule has 1 aromatic heterocycles. The molecule has 1 rings (SSSR count). The molecule has 0 N–H and O–H groups in total. The second-order valence-electron chi connectivity index (χ2n) is 2.56. The normalized spacial score (nSPS) is 12.3. The number of pyridine rings is 1. The molecule has 0 bridgehead atoms. The maximum absolute atomic E-state index is 12.1. The van der Waals surface area contributed by atoms with Gasteiger partial charge in [0.1, 0.15) is 5.69 Å². The molecule has 0 amide bonds. The minimum atomic E-state index is -4.37. The zero-order valence-corrected chi connectivity index (χ0v) is 8.02. The molecule has 76 valence electrons. The van der Waals surface area contributed by atoms with Crippen LogP contribution in [0.15, 0.2) is 24.4 Å². The van der Waals surface area contributed by atoms with Crippen LogP contribution in [0.1, 0.15) is 11.3 Å². The van der Waals surface area contributed by atoms with E-state index in [4.69, 9.17) is 0 Å². The fraction of sp³-hybridized carbons (Fsp3) is 0.222. The van der Waals surface area contributed by atoms with Crippen molar-refractivity contribution in [3.05, 3.63) is 35.7 Å². The van der Waals surface area contributed by atoms with Crippen LogP contribution in [0.3, 0.4) is 0 Å². The van der Waals surface area contributed by atoms with Gasteiger partial charge in [-0.3, -0.25) is 4.98 Å². The van der Waals surface area contributed by atoms with E-state index in [2.05, 4.69) is 17.6 Å². The number of aromatic nitrogens is 1. The highest BCUT2D eigenvalue weighted by Crippen LogP contribution is 2.27. The van der Waals surface area contributed by atoms with Crippen molar-refractivity contribution in [3.8, 4) is 0 Å². The van der Waals surface area contributed by atoms with Gasteiger partial charge in [0.25, 0.3) is 0 Å². The highest BCUT2D eigenvalue weighted by Gasteiger charge is 2.31. The maximum atomic E-state index is 12.1. The molecule has 0 radical (unpaired) electrons. The lowest BCUT2D eigenvalue weighted by Gasteiger charge is -2.04. The van der Waals surface area contributed by atoms with E-state index < -0.39 is 11.9 Å². The minimum Gasteiger partial charge on any atom is -0.251 e. The van der Waals surface area contributed by atoms with Gasteiger partial charge in [-0.25, -0.2) is 0 Å². The molecule has 0 fully saturated rings. The monoisotopic (exact) mass is 219 g/mol. The van der Waals surface area contributed by atoms with Gasteiger partial charge in [0.2, 0.25) is 0 Å². The van der Waals surface area contributed by atoms with Gasteiger partial charge in [0.15, 0.2) is 0 Å². The molecule has 1 aromatic rings. The standard InChI is InChI=1S/C9H8F3NS/c10-9(11,12)8-4-3-7(6-13-8)2-1-5-14/h1-4,6,14H,5H2. The van der Waals surface area contributed by atoms with Crippen LogP contribution in [0, 0.1) is 0 Å². The molecule has 0 aromatic carbocycles. The Morgan fingerprint density at radius 3 is 2.50 bits per heavy atom. The molecule has 0 saturated heterocycles. The summed E-state index contributed by atoms with van der Waals surface area (Å²) in [5.41, 5.74) is -0.243. The van der Waals surface area contributed by atoms with Crippen molar-refractivity contribution < 1.29 is 13.2 Å². The van der Waals surface area contributed by atoms with Gasteiger partial charge in [0.05, 0.1) is 0 Å². The summed E-state index contributed by atoms with van der Waals surface area (Å²) >= 11 is 3.93. The lowest BCUT2D eigenvalue weighted by Crippen LogP contribution is -2.07. The SMILES string of the molecule is FC(F)(F)c1ccc(C=CCS)cn1. The summed E-state index contributed by atoms with van der Waals surface area (Å²) in [6.07, 6.45) is 0.210. The van der Waals surface area contributed by atoms with Crippen molar-refractivity contribution in [2.75, 3.05) is 5.75 Å². The average Bonchev–Trinajstić information content (AvgIpc) is 2.14. The summed E-state index contributed by atoms with van der Waals surface area (Å²) < 4.78 is 36.2. The number of nitrogens with zero attached hydrogens (tertiary/aromatic N) is 1. The number of rotatable bonds is 2. The quantitative estimate of drug-likeness (QED) is 0.754. The molecular formula is C9H8F3NS. The molecule has 5 heteroatoms. The molecular weight excluding hydrogens is 211 g/mol. The topological polar surface area (TPSA) is 12.9 Å². The molecule has 14 heavy (non-hydrogen) atoms. The van der Waals surface area contributed by atoms with Crippen LogP contribution in [-0.4, -0.2) is 10.7 Å². The zero-order valence-electron chi connectivity index (χ0n) is 7.12. The van der Waals surface area contributed by atoms with Crippen molar-refractivity contribution in [2.45, 2.75) is 6.18 Å². The van der Waals surface area contributed by atoms with E-state index >= 15 is 0 Å². The van der Waals surface area contributed by atoms with E-state index in [1.54, 1.807) is 12.2 Å².